The van der Waals surface area contributed by atoms with Crippen molar-refractivity contribution in [3.05, 3.63) is 62.8 Å². The van der Waals surface area contributed by atoms with Crippen LogP contribution in [0.4, 0.5) is 0 Å². The fourth-order valence-electron chi connectivity index (χ4n) is 4.10. The van der Waals surface area contributed by atoms with Crippen molar-refractivity contribution in [3.63, 3.8) is 0 Å². The van der Waals surface area contributed by atoms with Crippen LogP contribution in [0.3, 0.4) is 0 Å². The van der Waals surface area contributed by atoms with Gasteiger partial charge in [0.05, 0.1) is 17.8 Å². The number of nitrogens with one attached hydrogen (secondary N) is 1. The predicted octanol–water partition coefficient (Wildman–Crippen LogP) is 4.78. The van der Waals surface area contributed by atoms with E-state index in [4.69, 9.17) is 9.47 Å². The Kier molecular flexibility index (Phi) is 6.14. The van der Waals surface area contributed by atoms with Crippen LogP contribution in [0.25, 0.3) is 20.7 Å². The highest BCUT2D eigenvalue weighted by molar-refractivity contribution is 7.19. The molecule has 1 aromatic carbocycles. The van der Waals surface area contributed by atoms with Crippen LogP contribution in [0.15, 0.2) is 46.8 Å². The lowest BCUT2D eigenvalue weighted by Gasteiger charge is -2.25. The van der Waals surface area contributed by atoms with Crippen LogP contribution in [0.1, 0.15) is 30.3 Å². The molecule has 0 spiro atoms. The Morgan fingerprint density at radius 1 is 1.18 bits per heavy atom. The van der Waals surface area contributed by atoms with Gasteiger partial charge >= 0.3 is 0 Å². The van der Waals surface area contributed by atoms with E-state index in [1.165, 1.54) is 27.1 Å². The van der Waals surface area contributed by atoms with Crippen LogP contribution in [0, 0.1) is 12.8 Å². The summed E-state index contributed by atoms with van der Waals surface area (Å²) in [6, 6.07) is 9.56. The molecule has 0 radical (unpaired) electrons. The molecule has 0 bridgehead atoms. The molecule has 1 aliphatic heterocycles. The van der Waals surface area contributed by atoms with Crippen LogP contribution < -0.4 is 20.3 Å². The Labute approximate surface area is 205 Å². The van der Waals surface area contributed by atoms with Gasteiger partial charge in [0.25, 0.3) is 5.56 Å². The van der Waals surface area contributed by atoms with Crippen LogP contribution in [0.5, 0.6) is 11.5 Å². The number of carbonyl (C=O) groups is 1. The third-order valence-electron chi connectivity index (χ3n) is 5.79. The minimum Gasteiger partial charge on any atom is -0.486 e. The highest BCUT2D eigenvalue weighted by Gasteiger charge is 2.22. The summed E-state index contributed by atoms with van der Waals surface area (Å²) in [4.78, 5) is 33.7. The van der Waals surface area contributed by atoms with Crippen LogP contribution in [-0.2, 0) is 11.3 Å². The number of fused-ring (bicyclic) bond motifs is 2. The summed E-state index contributed by atoms with van der Waals surface area (Å²) in [6.07, 6.45) is 1.46. The molecular weight excluding hydrogens is 470 g/mol. The van der Waals surface area contributed by atoms with Crippen molar-refractivity contribution < 1.29 is 14.3 Å². The van der Waals surface area contributed by atoms with Crippen LogP contribution >= 0.6 is 22.7 Å². The molecule has 0 aliphatic carbocycles. The van der Waals surface area contributed by atoms with Gasteiger partial charge in [-0.3, -0.25) is 14.2 Å². The van der Waals surface area contributed by atoms with E-state index < -0.39 is 0 Å². The van der Waals surface area contributed by atoms with Crippen molar-refractivity contribution in [2.24, 2.45) is 5.92 Å². The third-order valence-corrected chi connectivity index (χ3v) is 7.71. The van der Waals surface area contributed by atoms with E-state index in [-0.39, 0.29) is 30.0 Å². The summed E-state index contributed by atoms with van der Waals surface area (Å²) in [6.45, 7) is 7.06. The molecule has 0 fully saturated rings. The van der Waals surface area contributed by atoms with Crippen molar-refractivity contribution >= 4 is 38.8 Å². The van der Waals surface area contributed by atoms with E-state index in [9.17, 15) is 9.59 Å². The number of hydrogen-bond donors (Lipinski definition) is 1. The standard InChI is InChI=1S/C25H25N3O4S2/c1-14(2)23(16-5-6-18-19(10-16)32-9-8-31-18)27-21(29)11-28-13-26-24-22(25(28)30)17(12-33-24)20-7-4-15(3)34-20/h4-7,10,12-14,23H,8-9,11H2,1-3H3,(H,27,29). The van der Waals surface area contributed by atoms with Gasteiger partial charge in [-0.2, -0.15) is 0 Å². The number of rotatable bonds is 6. The largest absolute Gasteiger partial charge is 0.486 e. The number of amides is 1. The van der Waals surface area contributed by atoms with Crippen molar-refractivity contribution in [1.82, 2.24) is 14.9 Å². The molecule has 176 valence electrons. The zero-order valence-electron chi connectivity index (χ0n) is 19.2. The lowest BCUT2D eigenvalue weighted by Crippen LogP contribution is -2.36. The predicted molar refractivity (Wildman–Crippen MR) is 135 cm³/mol. The molecule has 3 aromatic heterocycles. The molecule has 5 rings (SSSR count). The van der Waals surface area contributed by atoms with Crippen molar-refractivity contribution in [3.8, 4) is 21.9 Å². The quantitative estimate of drug-likeness (QED) is 0.416. The first-order valence-electron chi connectivity index (χ1n) is 11.1. The topological polar surface area (TPSA) is 82.5 Å². The molecule has 1 N–H and O–H groups in total. The molecule has 1 unspecified atom stereocenters. The van der Waals surface area contributed by atoms with Gasteiger partial charge < -0.3 is 14.8 Å². The molecule has 34 heavy (non-hydrogen) atoms. The summed E-state index contributed by atoms with van der Waals surface area (Å²) in [7, 11) is 0. The summed E-state index contributed by atoms with van der Waals surface area (Å²) in [5, 5.41) is 5.62. The fourth-order valence-corrected chi connectivity index (χ4v) is 5.96. The molecule has 0 saturated heterocycles. The third kappa shape index (κ3) is 4.33. The number of aryl methyl sites for hydroxylation is 1. The van der Waals surface area contributed by atoms with E-state index in [1.807, 2.05) is 56.5 Å². The first-order chi connectivity index (χ1) is 16.4. The van der Waals surface area contributed by atoms with Gasteiger partial charge in [-0.15, -0.1) is 22.7 Å². The van der Waals surface area contributed by atoms with E-state index in [0.29, 0.717) is 34.9 Å². The van der Waals surface area contributed by atoms with Gasteiger partial charge in [0.2, 0.25) is 5.91 Å². The van der Waals surface area contributed by atoms with Crippen molar-refractivity contribution in [2.45, 2.75) is 33.4 Å². The van der Waals surface area contributed by atoms with Gasteiger partial charge in [-0.1, -0.05) is 19.9 Å². The van der Waals surface area contributed by atoms with Crippen LogP contribution in [-0.4, -0.2) is 28.7 Å². The summed E-state index contributed by atoms with van der Waals surface area (Å²) in [5.41, 5.74) is 1.60. The van der Waals surface area contributed by atoms with E-state index >= 15 is 0 Å². The second-order valence-electron chi connectivity index (χ2n) is 8.61. The van der Waals surface area contributed by atoms with Gasteiger partial charge in [0.15, 0.2) is 11.5 Å². The number of benzene rings is 1. The molecule has 1 atom stereocenters. The zero-order chi connectivity index (χ0) is 23.8. The van der Waals surface area contributed by atoms with Crippen LogP contribution in [0.2, 0.25) is 0 Å². The molecule has 4 heterocycles. The summed E-state index contributed by atoms with van der Waals surface area (Å²) in [5.74, 6) is 1.28. The minimum absolute atomic E-state index is 0.103. The molecule has 4 aromatic rings. The highest BCUT2D eigenvalue weighted by Crippen LogP contribution is 2.36. The Morgan fingerprint density at radius 3 is 2.71 bits per heavy atom. The Bertz CT molecular complexity index is 1420. The second kappa shape index (κ2) is 9.23. The van der Waals surface area contributed by atoms with Crippen molar-refractivity contribution in [1.29, 1.82) is 0 Å². The maximum absolute atomic E-state index is 13.3. The molecular formula is C25H25N3O4S2. The normalized spacial score (nSPS) is 13.9. The van der Waals surface area contributed by atoms with E-state index in [1.54, 1.807) is 11.3 Å². The average Bonchev–Trinajstić information content (AvgIpc) is 3.45. The second-order valence-corrected chi connectivity index (χ2v) is 10.8. The number of carbonyl (C=O) groups excluding carboxylic acids is 1. The lowest BCUT2D eigenvalue weighted by molar-refractivity contribution is -0.122. The first kappa shape index (κ1) is 22.6. The maximum Gasteiger partial charge on any atom is 0.263 e. The summed E-state index contributed by atoms with van der Waals surface area (Å²) < 4.78 is 12.7. The SMILES string of the molecule is Cc1ccc(-c2csc3ncn(CC(=O)NC(c4ccc5c(c4)OCCO5)C(C)C)c(=O)c23)s1. The number of thiophene rings is 2. The van der Waals surface area contributed by atoms with Gasteiger partial charge in [0.1, 0.15) is 24.6 Å². The summed E-state index contributed by atoms with van der Waals surface area (Å²) >= 11 is 3.08. The van der Waals surface area contributed by atoms with E-state index in [2.05, 4.69) is 10.3 Å². The Balaban J connectivity index is 1.39. The Morgan fingerprint density at radius 2 is 1.97 bits per heavy atom. The number of aromatic nitrogens is 2. The molecule has 7 nitrogen and oxygen atoms in total. The van der Waals surface area contributed by atoms with E-state index in [0.717, 1.165) is 16.0 Å². The van der Waals surface area contributed by atoms with Crippen molar-refractivity contribution in [2.75, 3.05) is 13.2 Å². The Hall–Kier alpha value is -3.17. The number of nitrogens with zero attached hydrogens (tertiary/aromatic N) is 2. The molecule has 1 aliphatic rings. The van der Waals surface area contributed by atoms with Gasteiger partial charge in [-0.25, -0.2) is 4.98 Å². The maximum atomic E-state index is 13.3. The number of hydrogen-bond acceptors (Lipinski definition) is 7. The van der Waals surface area contributed by atoms with Gasteiger partial charge in [0, 0.05) is 20.7 Å². The number of ether oxygens (including phenoxy) is 2. The molecule has 0 saturated carbocycles. The smallest absolute Gasteiger partial charge is 0.263 e. The minimum atomic E-state index is -0.249. The van der Waals surface area contributed by atoms with Gasteiger partial charge in [-0.05, 0) is 42.7 Å². The molecule has 9 heteroatoms. The monoisotopic (exact) mass is 495 g/mol. The fraction of sp³-hybridized carbons (Fsp3) is 0.320. The highest BCUT2D eigenvalue weighted by atomic mass is 32.1. The zero-order valence-corrected chi connectivity index (χ0v) is 20.8. The molecule has 1 amide bonds. The lowest BCUT2D eigenvalue weighted by atomic mass is 9.95. The first-order valence-corrected chi connectivity index (χ1v) is 12.8. The average molecular weight is 496 g/mol.